The summed E-state index contributed by atoms with van der Waals surface area (Å²) in [6.07, 6.45) is 0.693. The van der Waals surface area contributed by atoms with E-state index >= 15 is 0 Å². The van der Waals surface area contributed by atoms with Crippen LogP contribution in [0.2, 0.25) is 5.02 Å². The molecule has 0 aliphatic carbocycles. The van der Waals surface area contributed by atoms with E-state index in [4.69, 9.17) is 16.3 Å². The van der Waals surface area contributed by atoms with Gasteiger partial charge in [0, 0.05) is 13.1 Å². The van der Waals surface area contributed by atoms with Crippen LogP contribution in [0.5, 0.6) is 0 Å². The van der Waals surface area contributed by atoms with Gasteiger partial charge in [-0.15, -0.1) is 0 Å². The Labute approximate surface area is 176 Å². The van der Waals surface area contributed by atoms with Gasteiger partial charge in [0.25, 0.3) is 5.91 Å². The molecule has 1 saturated heterocycles. The minimum Gasteiger partial charge on any atom is -0.379 e. The van der Waals surface area contributed by atoms with E-state index in [1.54, 1.807) is 0 Å². The van der Waals surface area contributed by atoms with E-state index in [2.05, 4.69) is 5.32 Å². The highest BCUT2D eigenvalue weighted by Crippen LogP contribution is 2.25. The van der Waals surface area contributed by atoms with Crippen LogP contribution in [0.1, 0.15) is 40.9 Å². The van der Waals surface area contributed by atoms with Crippen molar-refractivity contribution in [3.05, 3.63) is 64.2 Å². The molecule has 0 radical (unpaired) electrons. The molecular weight excluding hydrogens is 412 g/mol. The van der Waals surface area contributed by atoms with Crippen LogP contribution in [0.3, 0.4) is 0 Å². The number of sulfonamides is 1. The summed E-state index contributed by atoms with van der Waals surface area (Å²) in [5, 5.41) is 3.18. The van der Waals surface area contributed by atoms with Gasteiger partial charge < -0.3 is 10.1 Å². The fourth-order valence-electron chi connectivity index (χ4n) is 3.23. The summed E-state index contributed by atoms with van der Waals surface area (Å²) < 4.78 is 32.4. The molecule has 1 amide bonds. The SMILES string of the molecule is CC[C@H](NC(=O)c1cc(S(=O)(=O)N2CCOCC2)ccc1Cl)c1ccc(C)cc1. The first-order chi connectivity index (χ1) is 13.8. The lowest BCUT2D eigenvalue weighted by Gasteiger charge is -2.26. The van der Waals surface area contributed by atoms with Crippen LogP contribution in [0.25, 0.3) is 0 Å². The smallest absolute Gasteiger partial charge is 0.253 e. The molecule has 0 bridgehead atoms. The van der Waals surface area contributed by atoms with Crippen LogP contribution in [-0.2, 0) is 14.8 Å². The van der Waals surface area contributed by atoms with Gasteiger partial charge in [0.1, 0.15) is 0 Å². The molecule has 0 spiro atoms. The van der Waals surface area contributed by atoms with E-state index in [1.165, 1.54) is 22.5 Å². The highest BCUT2D eigenvalue weighted by Gasteiger charge is 2.28. The van der Waals surface area contributed by atoms with Crippen molar-refractivity contribution in [1.82, 2.24) is 9.62 Å². The molecule has 2 aromatic carbocycles. The molecule has 8 heteroatoms. The number of benzene rings is 2. The third-order valence-corrected chi connectivity index (χ3v) is 7.21. The van der Waals surface area contributed by atoms with Gasteiger partial charge in [-0.2, -0.15) is 4.31 Å². The number of carbonyl (C=O) groups is 1. The Morgan fingerprint density at radius 1 is 1.17 bits per heavy atom. The molecular formula is C21H25ClN2O4S. The molecule has 1 N–H and O–H groups in total. The number of amides is 1. The zero-order valence-electron chi connectivity index (χ0n) is 16.5. The van der Waals surface area contributed by atoms with Gasteiger partial charge in [-0.05, 0) is 37.1 Å². The first-order valence-electron chi connectivity index (χ1n) is 9.58. The number of nitrogens with zero attached hydrogens (tertiary/aromatic N) is 1. The van der Waals surface area contributed by atoms with Gasteiger partial charge >= 0.3 is 0 Å². The summed E-state index contributed by atoms with van der Waals surface area (Å²) >= 11 is 6.23. The quantitative estimate of drug-likeness (QED) is 0.751. The second kappa shape index (κ2) is 9.26. The second-order valence-electron chi connectivity index (χ2n) is 7.00. The van der Waals surface area contributed by atoms with E-state index < -0.39 is 15.9 Å². The predicted octanol–water partition coefficient (Wildman–Crippen LogP) is 3.55. The van der Waals surface area contributed by atoms with Gasteiger partial charge in [0.15, 0.2) is 0 Å². The zero-order valence-corrected chi connectivity index (χ0v) is 18.1. The van der Waals surface area contributed by atoms with Crippen LogP contribution in [0.4, 0.5) is 0 Å². The average Bonchev–Trinajstić information content (AvgIpc) is 2.73. The highest BCUT2D eigenvalue weighted by atomic mass is 35.5. The fourth-order valence-corrected chi connectivity index (χ4v) is 4.87. The van der Waals surface area contributed by atoms with Crippen LogP contribution >= 0.6 is 11.6 Å². The predicted molar refractivity (Wildman–Crippen MR) is 113 cm³/mol. The molecule has 156 valence electrons. The van der Waals surface area contributed by atoms with Crippen molar-refractivity contribution in [3.8, 4) is 0 Å². The number of rotatable bonds is 6. The van der Waals surface area contributed by atoms with Gasteiger partial charge in [0.05, 0.1) is 34.7 Å². The number of morpholine rings is 1. The summed E-state index contributed by atoms with van der Waals surface area (Å²) in [5.41, 5.74) is 2.27. The molecule has 1 fully saturated rings. The largest absolute Gasteiger partial charge is 0.379 e. The molecule has 1 heterocycles. The Kier molecular flexibility index (Phi) is 6.95. The van der Waals surface area contributed by atoms with Crippen LogP contribution < -0.4 is 5.32 Å². The zero-order chi connectivity index (χ0) is 21.0. The Morgan fingerprint density at radius 2 is 1.83 bits per heavy atom. The fraction of sp³-hybridized carbons (Fsp3) is 0.381. The van der Waals surface area contributed by atoms with Crippen molar-refractivity contribution >= 4 is 27.5 Å². The third-order valence-electron chi connectivity index (χ3n) is 4.98. The summed E-state index contributed by atoms with van der Waals surface area (Å²) in [5.74, 6) is -0.401. The maximum absolute atomic E-state index is 12.9. The Morgan fingerprint density at radius 3 is 2.45 bits per heavy atom. The molecule has 1 aliphatic heterocycles. The molecule has 0 unspecified atom stereocenters. The number of carbonyl (C=O) groups excluding carboxylic acids is 1. The first kappa shape index (κ1) is 21.8. The van der Waals surface area contributed by atoms with Gasteiger partial charge in [-0.25, -0.2) is 8.42 Å². The lowest BCUT2D eigenvalue weighted by molar-refractivity contribution is 0.0730. The molecule has 0 aromatic heterocycles. The normalized spacial score (nSPS) is 16.4. The number of hydrogen-bond acceptors (Lipinski definition) is 4. The van der Waals surface area contributed by atoms with Crippen molar-refractivity contribution < 1.29 is 17.9 Å². The van der Waals surface area contributed by atoms with Crippen LogP contribution in [-0.4, -0.2) is 44.9 Å². The molecule has 2 aromatic rings. The van der Waals surface area contributed by atoms with Crippen molar-refractivity contribution in [1.29, 1.82) is 0 Å². The molecule has 6 nitrogen and oxygen atoms in total. The third kappa shape index (κ3) is 4.98. The number of ether oxygens (including phenoxy) is 1. The summed E-state index contributed by atoms with van der Waals surface area (Å²) in [4.78, 5) is 13.0. The van der Waals surface area contributed by atoms with Crippen LogP contribution in [0.15, 0.2) is 47.4 Å². The summed E-state index contributed by atoms with van der Waals surface area (Å²) in [7, 11) is -3.71. The molecule has 0 saturated carbocycles. The minimum absolute atomic E-state index is 0.0531. The lowest BCUT2D eigenvalue weighted by atomic mass is 10.0. The highest BCUT2D eigenvalue weighted by molar-refractivity contribution is 7.89. The average molecular weight is 437 g/mol. The van der Waals surface area contributed by atoms with Gasteiger partial charge in [-0.3, -0.25) is 4.79 Å². The number of halogens is 1. The molecule has 29 heavy (non-hydrogen) atoms. The minimum atomic E-state index is -3.71. The Balaban J connectivity index is 1.85. The maximum atomic E-state index is 12.9. The molecule has 1 atom stereocenters. The first-order valence-corrected chi connectivity index (χ1v) is 11.4. The summed E-state index contributed by atoms with van der Waals surface area (Å²) in [6, 6.07) is 12.0. The number of nitrogens with one attached hydrogen (secondary N) is 1. The monoisotopic (exact) mass is 436 g/mol. The number of aryl methyl sites for hydroxylation is 1. The second-order valence-corrected chi connectivity index (χ2v) is 9.35. The van der Waals surface area contributed by atoms with E-state index in [0.29, 0.717) is 19.6 Å². The Bertz CT molecular complexity index is 971. The summed E-state index contributed by atoms with van der Waals surface area (Å²) in [6.45, 7) is 5.27. The topological polar surface area (TPSA) is 75.7 Å². The Hall–Kier alpha value is -1.93. The van der Waals surface area contributed by atoms with Gasteiger partial charge in [-0.1, -0.05) is 48.4 Å². The van der Waals surface area contributed by atoms with Crippen molar-refractivity contribution in [2.45, 2.75) is 31.2 Å². The molecule has 1 aliphatic rings. The van der Waals surface area contributed by atoms with Gasteiger partial charge in [0.2, 0.25) is 10.0 Å². The van der Waals surface area contributed by atoms with Crippen LogP contribution in [0, 0.1) is 6.92 Å². The van der Waals surface area contributed by atoms with E-state index in [-0.39, 0.29) is 34.6 Å². The maximum Gasteiger partial charge on any atom is 0.253 e. The van der Waals surface area contributed by atoms with Crippen molar-refractivity contribution in [2.75, 3.05) is 26.3 Å². The van der Waals surface area contributed by atoms with Crippen molar-refractivity contribution in [2.24, 2.45) is 0 Å². The van der Waals surface area contributed by atoms with E-state index in [9.17, 15) is 13.2 Å². The van der Waals surface area contributed by atoms with E-state index in [1.807, 2.05) is 38.1 Å². The standard InChI is InChI=1S/C21H25ClN2O4S/c1-3-20(16-6-4-15(2)5-7-16)23-21(25)18-14-17(8-9-19(18)22)29(26,27)24-10-12-28-13-11-24/h4-9,14,20H,3,10-13H2,1-2H3,(H,23,25)/t20-/m0/s1. The lowest BCUT2D eigenvalue weighted by Crippen LogP contribution is -2.40. The number of hydrogen-bond donors (Lipinski definition) is 1. The van der Waals surface area contributed by atoms with Crippen molar-refractivity contribution in [3.63, 3.8) is 0 Å². The van der Waals surface area contributed by atoms with E-state index in [0.717, 1.165) is 11.1 Å². The molecule has 3 rings (SSSR count).